The number of thioether (sulfide) groups is 1. The minimum Gasteiger partial charge on any atom is -0.345 e. The zero-order valence-corrected chi connectivity index (χ0v) is 13.1. The molecule has 6 nitrogen and oxygen atoms in total. The van der Waals surface area contributed by atoms with Crippen molar-refractivity contribution in [2.45, 2.75) is 17.1 Å². The molecule has 0 saturated carbocycles. The smallest absolute Gasteiger partial charge is 0.345 e. The molecule has 0 aliphatic rings. The standard InChI is InChI=1S/C13H14F3N5OS/c1-20(2)10(22)9-5-3-8(4-6-9)7-23-12-19-18-11(21(12)17)13(14,15)16/h3-6H,7,17H2,1-2H3. The Bertz CT molecular complexity index is 697. The lowest BCUT2D eigenvalue weighted by atomic mass is 10.1. The fourth-order valence-electron chi connectivity index (χ4n) is 1.72. The van der Waals surface area contributed by atoms with Crippen molar-refractivity contribution < 1.29 is 18.0 Å². The number of halogens is 3. The van der Waals surface area contributed by atoms with Gasteiger partial charge in [0.1, 0.15) is 0 Å². The van der Waals surface area contributed by atoms with Crippen LogP contribution in [-0.2, 0) is 11.9 Å². The predicted octanol–water partition coefficient (Wildman–Crippen LogP) is 2.00. The molecule has 2 aromatic rings. The zero-order chi connectivity index (χ0) is 17.2. The first-order chi connectivity index (χ1) is 10.7. The molecule has 1 amide bonds. The van der Waals surface area contributed by atoms with Gasteiger partial charge in [-0.3, -0.25) is 4.79 Å². The highest BCUT2D eigenvalue weighted by Gasteiger charge is 2.38. The van der Waals surface area contributed by atoms with Gasteiger partial charge in [-0.05, 0) is 17.7 Å². The first kappa shape index (κ1) is 17.1. The molecule has 1 aromatic carbocycles. The normalized spacial score (nSPS) is 11.5. The molecule has 2 N–H and O–H groups in total. The van der Waals surface area contributed by atoms with Crippen LogP contribution in [0.15, 0.2) is 29.4 Å². The summed E-state index contributed by atoms with van der Waals surface area (Å²) in [4.78, 5) is 13.2. The van der Waals surface area contributed by atoms with Crippen LogP contribution in [0.5, 0.6) is 0 Å². The summed E-state index contributed by atoms with van der Waals surface area (Å²) in [7, 11) is 3.30. The van der Waals surface area contributed by atoms with Crippen LogP contribution < -0.4 is 5.84 Å². The topological polar surface area (TPSA) is 77.0 Å². The summed E-state index contributed by atoms with van der Waals surface area (Å²) in [6.45, 7) is 0. The molecule has 0 aliphatic heterocycles. The van der Waals surface area contributed by atoms with Crippen LogP contribution in [0.3, 0.4) is 0 Å². The van der Waals surface area contributed by atoms with Crippen LogP contribution in [0.1, 0.15) is 21.7 Å². The molecule has 0 bridgehead atoms. The first-order valence-electron chi connectivity index (χ1n) is 6.41. The van der Waals surface area contributed by atoms with Crippen molar-refractivity contribution in [2.75, 3.05) is 19.9 Å². The molecule has 0 spiro atoms. The lowest BCUT2D eigenvalue weighted by Gasteiger charge is -2.10. The summed E-state index contributed by atoms with van der Waals surface area (Å²) in [5.74, 6) is 4.33. The van der Waals surface area contributed by atoms with Gasteiger partial charge in [0.15, 0.2) is 0 Å². The third-order valence-corrected chi connectivity index (χ3v) is 3.91. The average molecular weight is 345 g/mol. The number of carbonyl (C=O) groups is 1. The van der Waals surface area contributed by atoms with Crippen LogP contribution in [0, 0.1) is 0 Å². The van der Waals surface area contributed by atoms with Crippen molar-refractivity contribution in [3.05, 3.63) is 41.2 Å². The summed E-state index contributed by atoms with van der Waals surface area (Å²) < 4.78 is 38.1. The molecule has 0 saturated heterocycles. The van der Waals surface area contributed by atoms with Crippen molar-refractivity contribution in [1.29, 1.82) is 0 Å². The number of rotatable bonds is 4. The number of nitrogen functional groups attached to an aromatic ring is 1. The Balaban J connectivity index is 2.05. The number of nitrogens with two attached hydrogens (primary N) is 1. The maximum Gasteiger partial charge on any atom is 0.453 e. The van der Waals surface area contributed by atoms with Gasteiger partial charge < -0.3 is 10.7 Å². The fraction of sp³-hybridized carbons (Fsp3) is 0.308. The van der Waals surface area contributed by atoms with Gasteiger partial charge in [0.2, 0.25) is 5.16 Å². The zero-order valence-electron chi connectivity index (χ0n) is 12.3. The van der Waals surface area contributed by atoms with Gasteiger partial charge >= 0.3 is 6.18 Å². The Morgan fingerprint density at radius 3 is 2.35 bits per heavy atom. The average Bonchev–Trinajstić information content (AvgIpc) is 2.86. The Hall–Kier alpha value is -2.23. The van der Waals surface area contributed by atoms with E-state index in [0.29, 0.717) is 16.0 Å². The maximum atomic E-state index is 12.6. The number of nitrogens with zero attached hydrogens (tertiary/aromatic N) is 4. The largest absolute Gasteiger partial charge is 0.453 e. The molecule has 1 aromatic heterocycles. The molecule has 0 aliphatic carbocycles. The van der Waals surface area contributed by atoms with Crippen molar-refractivity contribution in [3.8, 4) is 0 Å². The van der Waals surface area contributed by atoms with Crippen molar-refractivity contribution in [2.24, 2.45) is 0 Å². The maximum absolute atomic E-state index is 12.6. The van der Waals surface area contributed by atoms with E-state index in [-0.39, 0.29) is 11.1 Å². The van der Waals surface area contributed by atoms with Crippen LogP contribution in [-0.4, -0.2) is 39.8 Å². The minimum atomic E-state index is -4.64. The monoisotopic (exact) mass is 345 g/mol. The van der Waals surface area contributed by atoms with Crippen LogP contribution >= 0.6 is 11.8 Å². The van der Waals surface area contributed by atoms with Crippen molar-refractivity contribution in [1.82, 2.24) is 19.8 Å². The molecule has 0 fully saturated rings. The van der Waals surface area contributed by atoms with Gasteiger partial charge in [-0.15, -0.1) is 10.2 Å². The second kappa shape index (κ2) is 6.49. The highest BCUT2D eigenvalue weighted by Crippen LogP contribution is 2.29. The van der Waals surface area contributed by atoms with Gasteiger partial charge in [-0.1, -0.05) is 23.9 Å². The Kier molecular flexibility index (Phi) is 4.83. The quantitative estimate of drug-likeness (QED) is 0.677. The van der Waals surface area contributed by atoms with E-state index in [0.717, 1.165) is 17.3 Å². The van der Waals surface area contributed by atoms with E-state index < -0.39 is 12.0 Å². The van der Waals surface area contributed by atoms with E-state index in [1.165, 1.54) is 4.90 Å². The number of benzene rings is 1. The van der Waals surface area contributed by atoms with Crippen LogP contribution in [0.25, 0.3) is 0 Å². The second-order valence-electron chi connectivity index (χ2n) is 4.86. The molecule has 2 rings (SSSR count). The highest BCUT2D eigenvalue weighted by molar-refractivity contribution is 7.98. The van der Waals surface area contributed by atoms with Crippen LogP contribution in [0.2, 0.25) is 0 Å². The van der Waals surface area contributed by atoms with E-state index in [9.17, 15) is 18.0 Å². The first-order valence-corrected chi connectivity index (χ1v) is 7.40. The summed E-state index contributed by atoms with van der Waals surface area (Å²) in [6, 6.07) is 6.77. The van der Waals surface area contributed by atoms with Crippen molar-refractivity contribution in [3.63, 3.8) is 0 Å². The van der Waals surface area contributed by atoms with E-state index in [1.54, 1.807) is 38.4 Å². The Morgan fingerprint density at radius 1 is 1.26 bits per heavy atom. The SMILES string of the molecule is CN(C)C(=O)c1ccc(CSc2nnc(C(F)(F)F)n2N)cc1. The molecular formula is C13H14F3N5OS. The lowest BCUT2D eigenvalue weighted by molar-refractivity contribution is -0.146. The predicted molar refractivity (Wildman–Crippen MR) is 79.2 cm³/mol. The number of amides is 1. The fourth-order valence-corrected chi connectivity index (χ4v) is 2.53. The molecular weight excluding hydrogens is 331 g/mol. The van der Waals surface area contributed by atoms with Gasteiger partial charge in [0, 0.05) is 25.4 Å². The van der Waals surface area contributed by atoms with E-state index >= 15 is 0 Å². The van der Waals surface area contributed by atoms with E-state index in [4.69, 9.17) is 5.84 Å². The van der Waals surface area contributed by atoms with E-state index in [2.05, 4.69) is 10.2 Å². The summed E-state index contributed by atoms with van der Waals surface area (Å²) in [5, 5.41) is 6.45. The van der Waals surface area contributed by atoms with Gasteiger partial charge in [-0.25, -0.2) is 4.68 Å². The molecule has 0 unspecified atom stereocenters. The summed E-state index contributed by atoms with van der Waals surface area (Å²) in [6.07, 6.45) is -4.64. The Morgan fingerprint density at radius 2 is 1.87 bits per heavy atom. The van der Waals surface area contributed by atoms with E-state index in [1.807, 2.05) is 0 Å². The summed E-state index contributed by atoms with van der Waals surface area (Å²) >= 11 is 1.03. The number of carbonyl (C=O) groups excluding carboxylic acids is 1. The van der Waals surface area contributed by atoms with Crippen LogP contribution in [0.4, 0.5) is 13.2 Å². The minimum absolute atomic E-state index is 0.0363. The number of hydrogen-bond acceptors (Lipinski definition) is 5. The van der Waals surface area contributed by atoms with Gasteiger partial charge in [0.05, 0.1) is 0 Å². The second-order valence-corrected chi connectivity index (χ2v) is 5.80. The lowest BCUT2D eigenvalue weighted by Crippen LogP contribution is -2.21. The Labute approximate surface area is 134 Å². The van der Waals surface area contributed by atoms with Gasteiger partial charge in [-0.2, -0.15) is 13.2 Å². The highest BCUT2D eigenvalue weighted by atomic mass is 32.2. The van der Waals surface area contributed by atoms with Gasteiger partial charge in [0.25, 0.3) is 11.7 Å². The number of hydrogen-bond donors (Lipinski definition) is 1. The molecule has 23 heavy (non-hydrogen) atoms. The number of aromatic nitrogens is 3. The number of alkyl halides is 3. The summed E-state index contributed by atoms with van der Waals surface area (Å²) in [5.41, 5.74) is 1.35. The molecule has 0 radical (unpaired) electrons. The third kappa shape index (κ3) is 3.95. The molecule has 1 heterocycles. The molecule has 124 valence electrons. The third-order valence-electron chi connectivity index (χ3n) is 2.89. The molecule has 10 heteroatoms. The molecule has 0 atom stereocenters. The van der Waals surface area contributed by atoms with Crippen molar-refractivity contribution >= 4 is 17.7 Å².